The lowest BCUT2D eigenvalue weighted by molar-refractivity contribution is -0.116. The van der Waals surface area contributed by atoms with Crippen LogP contribution >= 0.6 is 32.0 Å². The summed E-state index contributed by atoms with van der Waals surface area (Å²) in [4.78, 5) is 21.6. The molecule has 4 N–H and O–H groups in total. The van der Waals surface area contributed by atoms with Gasteiger partial charge in [-0.2, -0.15) is 0 Å². The minimum atomic E-state index is -2.84. The molecule has 0 saturated carbocycles. The first-order chi connectivity index (χ1) is 19.7. The number of halogens is 2. The average molecular weight is 619 g/mol. The number of hydrogen-bond acceptors (Lipinski definition) is 9. The maximum Gasteiger partial charge on any atom is 0.226 e. The van der Waals surface area contributed by atoms with Gasteiger partial charge in [0.2, 0.25) is 5.91 Å². The van der Waals surface area contributed by atoms with Crippen LogP contribution in [0.25, 0.3) is 10.9 Å². The molecule has 0 radical (unpaired) electrons. The second kappa shape index (κ2) is 12.7. The van der Waals surface area contributed by atoms with E-state index in [0.717, 1.165) is 10.8 Å². The number of fused-ring (bicyclic) bond motifs is 1. The summed E-state index contributed by atoms with van der Waals surface area (Å²) in [5.74, 6) is 1.28. The van der Waals surface area contributed by atoms with E-state index in [1.165, 1.54) is 18.5 Å². The second-order valence-corrected chi connectivity index (χ2v) is 14.2. The molecule has 2 heterocycles. The molecule has 1 aliphatic rings. The summed E-state index contributed by atoms with van der Waals surface area (Å²) in [5.41, 5.74) is 2.33. The number of nitrogens with one attached hydrogen (secondary N) is 2. The highest BCUT2D eigenvalue weighted by Crippen LogP contribution is 2.63. The van der Waals surface area contributed by atoms with Gasteiger partial charge in [-0.15, -0.1) is 9.62 Å². The van der Waals surface area contributed by atoms with Gasteiger partial charge in [0.05, 0.1) is 28.1 Å². The number of carbonyl (C=O) groups is 1. The van der Waals surface area contributed by atoms with Gasteiger partial charge in [-0.25, -0.2) is 14.4 Å². The Hall–Kier alpha value is -3.29. The normalized spacial score (nSPS) is 16.8. The first-order valence-electron chi connectivity index (χ1n) is 12.8. The molecule has 0 spiro atoms. The summed E-state index contributed by atoms with van der Waals surface area (Å²) in [7, 11) is -1.73. The van der Waals surface area contributed by atoms with Crippen LogP contribution in [0.2, 0.25) is 5.02 Å². The van der Waals surface area contributed by atoms with Gasteiger partial charge in [0, 0.05) is 29.3 Å². The van der Waals surface area contributed by atoms with E-state index in [1.54, 1.807) is 42.5 Å². The predicted octanol–water partition coefficient (Wildman–Crippen LogP) is 7.64. The Labute approximate surface area is 246 Å². The predicted molar refractivity (Wildman–Crippen MR) is 163 cm³/mol. The SMILES string of the molecule is CCOc1cc2ncnc(Nc3ccc(OCc4cccc(F)c4)c(Cl)c3)c2cc1NC(=O)CC1CCSS1(O)O. The van der Waals surface area contributed by atoms with Crippen LogP contribution in [0.1, 0.15) is 25.3 Å². The number of hydrogen-bond donors (Lipinski definition) is 4. The third kappa shape index (κ3) is 7.14. The molecular weight excluding hydrogens is 591 g/mol. The smallest absolute Gasteiger partial charge is 0.226 e. The average Bonchev–Trinajstić information content (AvgIpc) is 3.26. The maximum atomic E-state index is 13.5. The Morgan fingerprint density at radius 3 is 2.73 bits per heavy atom. The summed E-state index contributed by atoms with van der Waals surface area (Å²) < 4.78 is 45.4. The van der Waals surface area contributed by atoms with Crippen LogP contribution in [-0.4, -0.2) is 42.6 Å². The van der Waals surface area contributed by atoms with Gasteiger partial charge in [0.1, 0.15) is 36.1 Å². The van der Waals surface area contributed by atoms with Crippen molar-refractivity contribution in [2.24, 2.45) is 0 Å². The van der Waals surface area contributed by atoms with Crippen molar-refractivity contribution >= 4 is 66.0 Å². The number of ether oxygens (including phenoxy) is 2. The number of nitrogens with zero attached hydrogens (tertiary/aromatic N) is 2. The van der Waals surface area contributed by atoms with Crippen molar-refractivity contribution in [1.29, 1.82) is 0 Å². The van der Waals surface area contributed by atoms with Gasteiger partial charge in [-0.1, -0.05) is 23.7 Å². The third-order valence-electron chi connectivity index (χ3n) is 6.33. The van der Waals surface area contributed by atoms with Crippen LogP contribution in [0.3, 0.4) is 0 Å². The van der Waals surface area contributed by atoms with Crippen molar-refractivity contribution in [2.75, 3.05) is 23.0 Å². The molecule has 1 unspecified atom stereocenters. The Bertz CT molecular complexity index is 1580. The van der Waals surface area contributed by atoms with E-state index < -0.39 is 14.9 Å². The molecule has 1 aliphatic heterocycles. The Morgan fingerprint density at radius 2 is 2.00 bits per heavy atom. The zero-order valence-corrected chi connectivity index (χ0v) is 24.4. The van der Waals surface area contributed by atoms with Gasteiger partial charge in [-0.05, 0) is 66.1 Å². The summed E-state index contributed by atoms with van der Waals surface area (Å²) in [5, 5.41) is 6.59. The molecule has 1 saturated heterocycles. The van der Waals surface area contributed by atoms with E-state index in [4.69, 9.17) is 21.1 Å². The topological polar surface area (TPSA) is 126 Å². The summed E-state index contributed by atoms with van der Waals surface area (Å²) in [6.07, 6.45) is 1.97. The van der Waals surface area contributed by atoms with E-state index in [1.807, 2.05) is 6.92 Å². The molecule has 216 valence electrons. The zero-order valence-electron chi connectivity index (χ0n) is 22.0. The number of rotatable bonds is 10. The standard InChI is InChI=1S/C28H28ClFN4O5S2/c1-2-38-26-14-23-21(13-24(26)34-27(35)12-20-8-9-40-41(20,36)37)28(32-16-31-23)33-19-6-7-25(22(29)11-19)39-15-17-4-3-5-18(30)10-17/h3-7,10-11,13-14,16,20,36-37H,2,8-9,12,15H2,1H3,(H,34,35)(H,31,32,33). The number of carbonyl (C=O) groups excluding carboxylic acids is 1. The van der Waals surface area contributed by atoms with Crippen LogP contribution in [0.4, 0.5) is 21.6 Å². The lowest BCUT2D eigenvalue weighted by atomic mass is 10.1. The molecule has 9 nitrogen and oxygen atoms in total. The maximum absolute atomic E-state index is 13.5. The molecule has 1 aromatic heterocycles. The van der Waals surface area contributed by atoms with Crippen molar-refractivity contribution in [3.8, 4) is 11.5 Å². The fourth-order valence-corrected chi connectivity index (χ4v) is 8.44. The molecule has 1 amide bonds. The molecule has 1 fully saturated rings. The first kappa shape index (κ1) is 29.2. The quantitative estimate of drug-likeness (QED) is 0.133. The molecule has 4 aromatic rings. The molecule has 1 atom stereocenters. The van der Waals surface area contributed by atoms with Crippen molar-refractivity contribution in [2.45, 2.75) is 31.6 Å². The lowest BCUT2D eigenvalue weighted by Gasteiger charge is -2.31. The fraction of sp³-hybridized carbons (Fsp3) is 0.250. The van der Waals surface area contributed by atoms with E-state index in [2.05, 4.69) is 20.6 Å². The first-order valence-corrected chi connectivity index (χ1v) is 16.3. The van der Waals surface area contributed by atoms with Gasteiger partial charge in [0.25, 0.3) is 0 Å². The summed E-state index contributed by atoms with van der Waals surface area (Å²) in [6, 6.07) is 14.8. The lowest BCUT2D eigenvalue weighted by Crippen LogP contribution is -2.21. The highest BCUT2D eigenvalue weighted by atomic mass is 35.5. The van der Waals surface area contributed by atoms with Crippen LogP contribution < -0.4 is 20.1 Å². The fourth-order valence-electron chi connectivity index (χ4n) is 4.35. The van der Waals surface area contributed by atoms with Crippen LogP contribution in [0, 0.1) is 5.82 Å². The summed E-state index contributed by atoms with van der Waals surface area (Å²) >= 11 is 6.47. The van der Waals surface area contributed by atoms with Crippen molar-refractivity contribution in [3.05, 3.63) is 77.3 Å². The van der Waals surface area contributed by atoms with Crippen molar-refractivity contribution in [3.63, 3.8) is 0 Å². The summed E-state index contributed by atoms with van der Waals surface area (Å²) in [6.45, 7) is 2.37. The number of aromatic nitrogens is 2. The van der Waals surface area contributed by atoms with E-state index in [9.17, 15) is 18.3 Å². The minimum Gasteiger partial charge on any atom is -0.492 e. The molecule has 3 aromatic carbocycles. The Kier molecular flexibility index (Phi) is 9.05. The largest absolute Gasteiger partial charge is 0.492 e. The monoisotopic (exact) mass is 618 g/mol. The Balaban J connectivity index is 1.35. The van der Waals surface area contributed by atoms with Gasteiger partial charge in [-0.3, -0.25) is 13.9 Å². The van der Waals surface area contributed by atoms with Crippen LogP contribution in [0.15, 0.2) is 60.9 Å². The van der Waals surface area contributed by atoms with Gasteiger partial charge < -0.3 is 20.1 Å². The number of anilines is 3. The molecule has 0 bridgehead atoms. The molecule has 5 rings (SSSR count). The van der Waals surface area contributed by atoms with E-state index in [-0.39, 0.29) is 24.8 Å². The number of amides is 1. The van der Waals surface area contributed by atoms with Crippen LogP contribution in [-0.2, 0) is 11.4 Å². The van der Waals surface area contributed by atoms with Crippen molar-refractivity contribution in [1.82, 2.24) is 9.97 Å². The zero-order chi connectivity index (χ0) is 29.0. The van der Waals surface area contributed by atoms with Gasteiger partial charge >= 0.3 is 0 Å². The second-order valence-electron chi connectivity index (χ2n) is 9.23. The highest BCUT2D eigenvalue weighted by molar-refractivity contribution is 8.90. The van der Waals surface area contributed by atoms with Crippen LogP contribution in [0.5, 0.6) is 11.5 Å². The number of benzene rings is 3. The molecular formula is C28H28ClFN4O5S2. The Morgan fingerprint density at radius 1 is 1.15 bits per heavy atom. The third-order valence-corrected chi connectivity index (χ3v) is 11.0. The van der Waals surface area contributed by atoms with Crippen molar-refractivity contribution < 1.29 is 27.8 Å². The molecule has 13 heteroatoms. The minimum absolute atomic E-state index is 0.0124. The van der Waals surface area contributed by atoms with E-state index in [0.29, 0.717) is 69.0 Å². The van der Waals surface area contributed by atoms with Gasteiger partial charge in [0.15, 0.2) is 0 Å². The molecule has 41 heavy (non-hydrogen) atoms. The highest BCUT2D eigenvalue weighted by Gasteiger charge is 2.34. The molecule has 0 aliphatic carbocycles. The van der Waals surface area contributed by atoms with E-state index >= 15 is 0 Å².